The minimum atomic E-state index is -1.44. The van der Waals surface area contributed by atoms with Crippen LogP contribution >= 0.6 is 0 Å². The average Bonchev–Trinajstić information content (AvgIpc) is 0.989. The van der Waals surface area contributed by atoms with E-state index in [9.17, 15) is 44.1 Å². The summed E-state index contributed by atoms with van der Waals surface area (Å²) in [6.07, 6.45) is 21.3. The molecule has 0 radical (unpaired) electrons. The van der Waals surface area contributed by atoms with Gasteiger partial charge in [-0.3, -0.25) is 9.59 Å². The summed E-state index contributed by atoms with van der Waals surface area (Å²) in [5, 5.41) is 47.0. The van der Waals surface area contributed by atoms with Crippen molar-refractivity contribution in [1.29, 1.82) is 0 Å². The summed E-state index contributed by atoms with van der Waals surface area (Å²) in [5.41, 5.74) is 22.7. The molecular weight excluding hydrogens is 1600 g/mol. The van der Waals surface area contributed by atoms with Crippen LogP contribution in [0.3, 0.4) is 0 Å². The lowest BCUT2D eigenvalue weighted by Crippen LogP contribution is -2.57. The van der Waals surface area contributed by atoms with Crippen LogP contribution in [0.25, 0.3) is 0 Å². The lowest BCUT2D eigenvalue weighted by atomic mass is 9.18. The van der Waals surface area contributed by atoms with Gasteiger partial charge in [0, 0.05) is 16.7 Å². The molecule has 8 atom stereocenters. The van der Waals surface area contributed by atoms with Crippen LogP contribution in [0, 0.1) is 23.2 Å². The normalized spacial score (nSPS) is 26.7. The van der Waals surface area contributed by atoms with Gasteiger partial charge >= 0.3 is 24.1 Å². The summed E-state index contributed by atoms with van der Waals surface area (Å²) < 4.78 is 9.43. The molecule has 704 valence electrons. The number of carbonyl (C=O) groups excluding carboxylic acids is 4. The van der Waals surface area contributed by atoms with Crippen molar-refractivity contribution >= 4 is 42.3 Å². The number of carboxylic acid groups (broad SMARTS) is 2. The first kappa shape index (κ1) is 102. The number of rotatable bonds is 9. The van der Waals surface area contributed by atoms with E-state index >= 15 is 0 Å². The zero-order valence-corrected chi connectivity index (χ0v) is 84.9. The van der Waals surface area contributed by atoms with Crippen molar-refractivity contribution in [1.82, 2.24) is 0 Å². The maximum absolute atomic E-state index is 11.7. The number of hydrogen-bond acceptors (Lipinski definition) is 11. The highest BCUT2D eigenvalue weighted by atomic mass is 16.8. The first-order valence-electron chi connectivity index (χ1n) is 49.2. The fourth-order valence-electron chi connectivity index (χ4n) is 24.7. The number of fused-ring (bicyclic) bond motifs is 11. The second-order valence-electron chi connectivity index (χ2n) is 49.9. The molecule has 14 heteroatoms. The third-order valence-electron chi connectivity index (χ3n) is 34.8. The summed E-state index contributed by atoms with van der Waals surface area (Å²) in [6.45, 7) is 68.1. The smallest absolute Gasteiger partial charge is 0.479 e. The van der Waals surface area contributed by atoms with Gasteiger partial charge in [-0.25, -0.2) is 19.2 Å². The lowest BCUT2D eigenvalue weighted by molar-refractivity contribution is -0.147. The Bertz CT molecular complexity index is 4950. The first-order chi connectivity index (χ1) is 59.3. The highest BCUT2D eigenvalue weighted by Gasteiger charge is 2.60. The molecule has 129 heavy (non-hydrogen) atoms. The molecule has 3 saturated carbocycles. The van der Waals surface area contributed by atoms with Crippen molar-refractivity contribution < 1.29 is 63.8 Å². The van der Waals surface area contributed by atoms with Crippen LogP contribution in [0.1, 0.15) is 470 Å². The molecule has 3 saturated heterocycles. The van der Waals surface area contributed by atoms with E-state index in [2.05, 4.69) is 240 Å². The molecule has 0 spiro atoms. The van der Waals surface area contributed by atoms with E-state index in [-0.39, 0.29) is 82.7 Å². The van der Waals surface area contributed by atoms with Gasteiger partial charge in [-0.15, -0.1) is 0 Å². The van der Waals surface area contributed by atoms with Crippen LogP contribution in [0.15, 0.2) is 109 Å². The lowest BCUT2D eigenvalue weighted by Gasteiger charge is -2.64. The number of carboxylic acids is 2. The number of aliphatic hydroxyl groups is 3. The number of aliphatic carboxylic acids is 2. The number of benzene rings is 6. The molecule has 4 unspecified atom stereocenters. The Morgan fingerprint density at radius 2 is 0.636 bits per heavy atom. The fraction of sp³-hybridized carbons (Fsp3) is 0.635. The van der Waals surface area contributed by atoms with Gasteiger partial charge in [0.15, 0.2) is 23.8 Å². The van der Waals surface area contributed by atoms with E-state index < -0.39 is 42.4 Å². The number of Topliss-reactive ketones (excluding diaryl/α,β-unsaturated/α-hetero) is 2. The van der Waals surface area contributed by atoms with Gasteiger partial charge in [0.25, 0.3) is 0 Å². The van der Waals surface area contributed by atoms with Gasteiger partial charge in [0.1, 0.15) is 6.71 Å². The van der Waals surface area contributed by atoms with Crippen LogP contribution in [0.5, 0.6) is 0 Å². The number of hydrogen-bond donors (Lipinski definition) is 5. The molecule has 4 bridgehead atoms. The summed E-state index contributed by atoms with van der Waals surface area (Å²) >= 11 is 0. The minimum absolute atomic E-state index is 0.0269. The zero-order chi connectivity index (χ0) is 96.0. The van der Waals surface area contributed by atoms with Crippen LogP contribution < -0.4 is 0 Å². The van der Waals surface area contributed by atoms with Crippen LogP contribution in [0.4, 0.5) is 4.79 Å². The molecule has 3 aliphatic heterocycles. The van der Waals surface area contributed by atoms with E-state index in [0.29, 0.717) is 22.1 Å². The van der Waals surface area contributed by atoms with E-state index in [1.807, 2.05) is 55.5 Å². The quantitative estimate of drug-likeness (QED) is 0.0394. The molecule has 9 aliphatic carbocycles. The van der Waals surface area contributed by atoms with E-state index in [4.69, 9.17) is 14.9 Å². The Balaban J connectivity index is 0.000000146. The second-order valence-corrected chi connectivity index (χ2v) is 49.9. The summed E-state index contributed by atoms with van der Waals surface area (Å²) in [4.78, 5) is 67.6. The van der Waals surface area contributed by atoms with Crippen LogP contribution in [0.2, 0.25) is 17.5 Å². The fourth-order valence-corrected chi connectivity index (χ4v) is 24.7. The molecule has 0 amide bonds. The van der Waals surface area contributed by atoms with Gasteiger partial charge in [-0.05, 0) is 288 Å². The molecule has 3 heterocycles. The summed E-state index contributed by atoms with van der Waals surface area (Å²) in [5.74, 6) is 3.78. The van der Waals surface area contributed by atoms with E-state index in [1.165, 1.54) is 105 Å². The third-order valence-corrected chi connectivity index (χ3v) is 34.8. The van der Waals surface area contributed by atoms with Crippen molar-refractivity contribution in [3.05, 3.63) is 209 Å². The molecule has 13 nitrogen and oxygen atoms in total. The van der Waals surface area contributed by atoms with E-state index in [0.717, 1.165) is 97.1 Å². The van der Waals surface area contributed by atoms with Gasteiger partial charge in [0.2, 0.25) is 6.10 Å². The van der Waals surface area contributed by atoms with Crippen LogP contribution in [-0.2, 0) is 88.8 Å². The van der Waals surface area contributed by atoms with Gasteiger partial charge in [0.05, 0.1) is 6.10 Å². The standard InChI is InChI=1S/C18H31B.C17H20O4.2C16H22O3.C16H24O.2C16H22O/c1-12-16-10-13(18(16,2)3)11-17(12)19-14-6-4-7-15(19)9-5-8-14;1-16(2)7-8-17(3,4)12-9-10(5-6-11(12)16)13-14(18)21-15(19)20-13;2*1-15(2)7-8-16(3,4)12-9-10(5-6-11(12)15)13(17)14(18)19;3*1-11(17)12-6-7-13-14(10-12)16(4,5)9-8-15(13,2)3/h12-17H,4-11H2,1-3H3;5-6,9,13H,7-8H2,1-4H3;2*5-6,9,13,17H,7-8H2,1-4H3,(H,18,19);6-7,10-11,17H,8-9H2,1-5H3;2*6-7,10H,8-9H2,1-5H3/t12-,13?,14?,15?,16?,17-;13-;;;11-;;/m11..0../s1. The van der Waals surface area contributed by atoms with Crippen molar-refractivity contribution in [3.63, 3.8) is 0 Å². The molecule has 12 aliphatic rings. The number of cyclic esters (lactones) is 3. The predicted molar refractivity (Wildman–Crippen MR) is 525 cm³/mol. The molecule has 6 fully saturated rings. The molecular formula is C115H163BO13. The van der Waals surface area contributed by atoms with E-state index in [1.54, 1.807) is 77.3 Å². The van der Waals surface area contributed by atoms with Crippen LogP contribution in [-0.4, -0.2) is 67.9 Å². The number of ketones is 2. The van der Waals surface area contributed by atoms with Crippen molar-refractivity contribution in [2.24, 2.45) is 23.2 Å². The van der Waals surface area contributed by atoms with Crippen molar-refractivity contribution in [2.75, 3.05) is 0 Å². The Labute approximate surface area is 777 Å². The molecule has 6 aromatic rings. The predicted octanol–water partition coefficient (Wildman–Crippen LogP) is 28.3. The van der Waals surface area contributed by atoms with Crippen molar-refractivity contribution in [3.8, 4) is 0 Å². The Morgan fingerprint density at radius 1 is 0.364 bits per heavy atom. The molecule has 5 N–H and O–H groups in total. The highest BCUT2D eigenvalue weighted by Crippen LogP contribution is 2.68. The Morgan fingerprint density at radius 3 is 0.907 bits per heavy atom. The molecule has 6 aromatic carbocycles. The minimum Gasteiger partial charge on any atom is -0.479 e. The number of aliphatic hydroxyl groups excluding tert-OH is 3. The van der Waals surface area contributed by atoms with Crippen molar-refractivity contribution in [2.45, 2.75) is 443 Å². The molecule has 18 rings (SSSR count). The van der Waals surface area contributed by atoms with Gasteiger partial charge < -0.3 is 35.0 Å². The summed E-state index contributed by atoms with van der Waals surface area (Å²) in [7, 11) is 0. The number of carbonyl (C=O) groups is 6. The maximum atomic E-state index is 11.7. The molecule has 0 aromatic heterocycles. The number of ether oxygens (including phenoxy) is 2. The summed E-state index contributed by atoms with van der Waals surface area (Å²) in [6, 6.07) is 36.1. The first-order valence-corrected chi connectivity index (χ1v) is 49.2. The third kappa shape index (κ3) is 21.5. The largest absolute Gasteiger partial charge is 0.517 e. The number of esters is 1. The second kappa shape index (κ2) is 37.0. The zero-order valence-electron chi connectivity index (χ0n) is 84.9. The SMILES string of the molecule is CC(=O)c1ccc2c(c1)C(C)(C)CCC2(C)C.CC(=O)c1ccc2c(c1)C(C)(C)CCC2(C)C.CC1(C)CCC(C)(C)c2cc(C(O)C(=O)O)ccc21.CC1(C)CCC(C)(C)c2cc(C(O)C(=O)O)ccc21.CC1(C)CCC(C)(C)c2cc([C@H]3OC(=O)OC3=O)ccc21.C[C@@H]1C2CC(C[C@H]1B1C3CCCC1CCC3)C2(C)C.C[C@H](O)c1ccc2c(c1)C(C)(C)CCC2(C)C. The average molecular weight is 1760 g/mol. The Kier molecular flexibility index (Phi) is 29.3. The van der Waals surface area contributed by atoms with Gasteiger partial charge in [-0.1, -0.05) is 346 Å². The maximum Gasteiger partial charge on any atom is 0.517 e. The highest BCUT2D eigenvalue weighted by molar-refractivity contribution is 6.64. The monoisotopic (exact) mass is 1760 g/mol. The van der Waals surface area contributed by atoms with Gasteiger partial charge in [-0.2, -0.15) is 0 Å². The Hall–Kier alpha value is -7.52. The topological polar surface area (TPSA) is 222 Å².